The molecule has 0 aromatic heterocycles. The third-order valence-electron chi connectivity index (χ3n) is 4.90. The van der Waals surface area contributed by atoms with Gasteiger partial charge in [0.15, 0.2) is 0 Å². The van der Waals surface area contributed by atoms with E-state index in [1.54, 1.807) is 0 Å². The molecule has 0 spiro atoms. The number of nitrogens with one attached hydrogen (secondary N) is 1. The van der Waals surface area contributed by atoms with Crippen LogP contribution in [0.25, 0.3) is 0 Å². The Morgan fingerprint density at radius 2 is 2.11 bits per heavy atom. The van der Waals surface area contributed by atoms with Gasteiger partial charge in [0.05, 0.1) is 6.61 Å². The molecule has 18 heavy (non-hydrogen) atoms. The molecule has 1 saturated carbocycles. The van der Waals surface area contributed by atoms with Crippen molar-refractivity contribution in [3.63, 3.8) is 0 Å². The van der Waals surface area contributed by atoms with E-state index in [-0.39, 0.29) is 0 Å². The molecule has 2 aliphatic rings. The highest BCUT2D eigenvalue weighted by Gasteiger charge is 2.37. The molecule has 1 saturated heterocycles. The molecule has 0 radical (unpaired) electrons. The van der Waals surface area contributed by atoms with Crippen LogP contribution >= 0.6 is 0 Å². The topological polar surface area (TPSA) is 24.5 Å². The van der Waals surface area contributed by atoms with Gasteiger partial charge in [-0.1, -0.05) is 19.8 Å². The maximum atomic E-state index is 5.56. The van der Waals surface area contributed by atoms with Crippen molar-refractivity contribution in [2.45, 2.75) is 57.0 Å². The number of likely N-dealkylation sites (N-methyl/N-ethyl adjacent to an activating group) is 1. The van der Waals surface area contributed by atoms with E-state index in [1.807, 2.05) is 0 Å². The molecule has 106 valence electrons. The Hall–Kier alpha value is -0.120. The lowest BCUT2D eigenvalue weighted by atomic mass is 9.75. The van der Waals surface area contributed by atoms with Crippen LogP contribution in [-0.2, 0) is 4.74 Å². The molecule has 2 rings (SSSR count). The quantitative estimate of drug-likeness (QED) is 0.833. The van der Waals surface area contributed by atoms with Crippen molar-refractivity contribution in [1.29, 1.82) is 0 Å². The Bertz CT molecular complexity index is 251. The van der Waals surface area contributed by atoms with Crippen molar-refractivity contribution in [3.8, 4) is 0 Å². The molecule has 3 atom stereocenters. The molecule has 3 nitrogen and oxygen atoms in total. The second-order valence-electron chi connectivity index (χ2n) is 6.62. The fraction of sp³-hybridized carbons (Fsp3) is 1.00. The van der Waals surface area contributed by atoms with E-state index < -0.39 is 0 Å². The number of rotatable bonds is 4. The highest BCUT2D eigenvalue weighted by molar-refractivity contribution is 4.95. The molecule has 1 heterocycles. The molecule has 1 aliphatic carbocycles. The number of hydrogen-bond donors (Lipinski definition) is 1. The van der Waals surface area contributed by atoms with Crippen molar-refractivity contribution in [2.24, 2.45) is 5.92 Å². The second-order valence-corrected chi connectivity index (χ2v) is 6.62. The first kappa shape index (κ1) is 14.3. The zero-order chi connectivity index (χ0) is 13.0. The lowest BCUT2D eigenvalue weighted by Crippen LogP contribution is -2.56. The standard InChI is InChI=1S/C15H30N2O/c1-13-6-4-8-15(10-13,17(2)3)12-16-14-7-5-9-18-11-14/h13-14,16H,4-12H2,1-3H3. The Morgan fingerprint density at radius 3 is 2.72 bits per heavy atom. The molecule has 0 bridgehead atoms. The largest absolute Gasteiger partial charge is 0.380 e. The third-order valence-corrected chi connectivity index (χ3v) is 4.90. The molecule has 0 aromatic rings. The third kappa shape index (κ3) is 3.46. The van der Waals surface area contributed by atoms with Crippen LogP contribution in [0.3, 0.4) is 0 Å². The van der Waals surface area contributed by atoms with Crippen LogP contribution in [0.5, 0.6) is 0 Å². The smallest absolute Gasteiger partial charge is 0.0619 e. The average molecular weight is 254 g/mol. The molecular formula is C15H30N2O. The van der Waals surface area contributed by atoms with Crippen LogP contribution in [0, 0.1) is 5.92 Å². The summed E-state index contributed by atoms with van der Waals surface area (Å²) in [5, 5.41) is 3.77. The van der Waals surface area contributed by atoms with Gasteiger partial charge < -0.3 is 15.0 Å². The maximum absolute atomic E-state index is 5.56. The molecule has 0 amide bonds. The summed E-state index contributed by atoms with van der Waals surface area (Å²) in [6.45, 7) is 5.38. The van der Waals surface area contributed by atoms with Crippen molar-refractivity contribution in [2.75, 3.05) is 33.9 Å². The lowest BCUT2D eigenvalue weighted by Gasteiger charge is -2.46. The first-order chi connectivity index (χ1) is 8.62. The summed E-state index contributed by atoms with van der Waals surface area (Å²) in [4.78, 5) is 2.46. The summed E-state index contributed by atoms with van der Waals surface area (Å²) >= 11 is 0. The first-order valence-electron chi connectivity index (χ1n) is 7.61. The Labute approximate surface area is 112 Å². The van der Waals surface area contributed by atoms with Crippen LogP contribution in [0.4, 0.5) is 0 Å². The monoisotopic (exact) mass is 254 g/mol. The summed E-state index contributed by atoms with van der Waals surface area (Å²) in [5.41, 5.74) is 0.370. The van der Waals surface area contributed by atoms with E-state index in [0.29, 0.717) is 11.6 Å². The van der Waals surface area contributed by atoms with E-state index in [2.05, 4.69) is 31.2 Å². The molecule has 2 fully saturated rings. The summed E-state index contributed by atoms with van der Waals surface area (Å²) in [7, 11) is 4.49. The summed E-state index contributed by atoms with van der Waals surface area (Å²) in [6, 6.07) is 0.577. The van der Waals surface area contributed by atoms with Gasteiger partial charge in [-0.25, -0.2) is 0 Å². The van der Waals surface area contributed by atoms with Gasteiger partial charge in [0.1, 0.15) is 0 Å². The van der Waals surface area contributed by atoms with Crippen LogP contribution < -0.4 is 5.32 Å². The minimum atomic E-state index is 0.370. The molecule has 3 unspecified atom stereocenters. The van der Waals surface area contributed by atoms with Gasteiger partial charge in [-0.05, 0) is 45.7 Å². The number of nitrogens with zero attached hydrogens (tertiary/aromatic N) is 1. The Balaban J connectivity index is 1.89. The van der Waals surface area contributed by atoms with Crippen molar-refractivity contribution in [1.82, 2.24) is 10.2 Å². The Morgan fingerprint density at radius 1 is 1.28 bits per heavy atom. The zero-order valence-corrected chi connectivity index (χ0v) is 12.4. The van der Waals surface area contributed by atoms with Gasteiger partial charge in [0.25, 0.3) is 0 Å². The highest BCUT2D eigenvalue weighted by Crippen LogP contribution is 2.35. The minimum absolute atomic E-state index is 0.370. The lowest BCUT2D eigenvalue weighted by molar-refractivity contribution is 0.0441. The SMILES string of the molecule is CC1CCCC(CNC2CCCOC2)(N(C)C)C1. The summed E-state index contributed by atoms with van der Waals surface area (Å²) < 4.78 is 5.56. The molecule has 1 N–H and O–H groups in total. The highest BCUT2D eigenvalue weighted by atomic mass is 16.5. The molecule has 1 aliphatic heterocycles. The van der Waals surface area contributed by atoms with E-state index in [0.717, 1.165) is 25.7 Å². The van der Waals surface area contributed by atoms with Crippen molar-refractivity contribution >= 4 is 0 Å². The number of ether oxygens (including phenoxy) is 1. The maximum Gasteiger partial charge on any atom is 0.0619 e. The van der Waals surface area contributed by atoms with Gasteiger partial charge in [-0.15, -0.1) is 0 Å². The normalized spacial score (nSPS) is 38.0. The second kappa shape index (κ2) is 6.36. The van der Waals surface area contributed by atoms with E-state index in [1.165, 1.54) is 38.5 Å². The fourth-order valence-electron chi connectivity index (χ4n) is 3.59. The molecular weight excluding hydrogens is 224 g/mol. The molecule has 0 aromatic carbocycles. The van der Waals surface area contributed by atoms with E-state index in [9.17, 15) is 0 Å². The van der Waals surface area contributed by atoms with Crippen LogP contribution in [0.1, 0.15) is 45.4 Å². The van der Waals surface area contributed by atoms with Crippen molar-refractivity contribution < 1.29 is 4.74 Å². The molecule has 3 heteroatoms. The minimum Gasteiger partial charge on any atom is -0.380 e. The fourth-order valence-corrected chi connectivity index (χ4v) is 3.59. The summed E-state index contributed by atoms with van der Waals surface area (Å²) in [5.74, 6) is 0.866. The van der Waals surface area contributed by atoms with Gasteiger partial charge >= 0.3 is 0 Å². The van der Waals surface area contributed by atoms with E-state index >= 15 is 0 Å². The van der Waals surface area contributed by atoms with Gasteiger partial charge in [0, 0.05) is 24.7 Å². The summed E-state index contributed by atoms with van der Waals surface area (Å²) in [6.07, 6.45) is 7.94. The van der Waals surface area contributed by atoms with Gasteiger partial charge in [-0.2, -0.15) is 0 Å². The first-order valence-corrected chi connectivity index (χ1v) is 7.61. The number of hydrogen-bond acceptors (Lipinski definition) is 3. The van der Waals surface area contributed by atoms with Gasteiger partial charge in [-0.3, -0.25) is 0 Å². The van der Waals surface area contributed by atoms with Crippen LogP contribution in [0.15, 0.2) is 0 Å². The average Bonchev–Trinajstić information content (AvgIpc) is 2.37. The van der Waals surface area contributed by atoms with Crippen LogP contribution in [-0.4, -0.2) is 50.3 Å². The predicted octanol–water partition coefficient (Wildman–Crippen LogP) is 2.27. The van der Waals surface area contributed by atoms with Crippen LogP contribution in [0.2, 0.25) is 0 Å². The van der Waals surface area contributed by atoms with E-state index in [4.69, 9.17) is 4.74 Å². The Kier molecular flexibility index (Phi) is 5.05. The van der Waals surface area contributed by atoms with Crippen molar-refractivity contribution in [3.05, 3.63) is 0 Å². The zero-order valence-electron chi connectivity index (χ0n) is 12.4. The predicted molar refractivity (Wildman–Crippen MR) is 75.9 cm³/mol. The van der Waals surface area contributed by atoms with Gasteiger partial charge in [0.2, 0.25) is 0 Å².